The zero-order chi connectivity index (χ0) is 19.4. The lowest BCUT2D eigenvalue weighted by molar-refractivity contribution is 0.137. The van der Waals surface area contributed by atoms with Gasteiger partial charge in [-0.05, 0) is 98.9 Å². The first-order valence-electron chi connectivity index (χ1n) is 11.7. The van der Waals surface area contributed by atoms with Gasteiger partial charge in [-0.15, -0.1) is 0 Å². The molecule has 0 heteroatoms. The molecule has 3 saturated carbocycles. The van der Waals surface area contributed by atoms with Crippen LogP contribution in [0, 0.1) is 29.1 Å². The standard InChI is InChI=1S/C27H42/c1-20(2)21(3)11-8-14-25-17-18-26-24(13-9-19-27(25,26)5)16-15-23-12-7-6-10-22(23)4/h8,11,15-16,20-21,25-26H,4,6-7,9-10,12-14,17-19H2,1-3,5H3/b11-8+,23-15+,24-16+/t21?,25?,26?,27-/m1/s1. The van der Waals surface area contributed by atoms with Crippen LogP contribution in [0.3, 0.4) is 0 Å². The van der Waals surface area contributed by atoms with Crippen LogP contribution in [0.2, 0.25) is 0 Å². The molecule has 0 aromatic rings. The Hall–Kier alpha value is -1.04. The lowest BCUT2D eigenvalue weighted by atomic mass is 9.63. The third-order valence-electron chi connectivity index (χ3n) is 8.20. The highest BCUT2D eigenvalue weighted by atomic mass is 14.5. The van der Waals surface area contributed by atoms with Gasteiger partial charge in [-0.3, -0.25) is 0 Å². The third kappa shape index (κ3) is 4.69. The molecule has 3 aliphatic rings. The van der Waals surface area contributed by atoms with E-state index in [4.69, 9.17) is 0 Å². The van der Waals surface area contributed by atoms with Gasteiger partial charge in [0.15, 0.2) is 0 Å². The van der Waals surface area contributed by atoms with E-state index >= 15 is 0 Å². The van der Waals surface area contributed by atoms with Gasteiger partial charge in [0.1, 0.15) is 0 Å². The van der Waals surface area contributed by atoms with Gasteiger partial charge >= 0.3 is 0 Å². The molecule has 0 nitrogen and oxygen atoms in total. The Balaban J connectivity index is 1.69. The van der Waals surface area contributed by atoms with Crippen molar-refractivity contribution in [2.45, 2.75) is 91.9 Å². The van der Waals surface area contributed by atoms with E-state index in [2.05, 4.69) is 58.6 Å². The lowest BCUT2D eigenvalue weighted by Gasteiger charge is -2.42. The molecule has 0 heterocycles. The van der Waals surface area contributed by atoms with E-state index < -0.39 is 0 Å². The largest absolute Gasteiger partial charge is 0.0956 e. The highest BCUT2D eigenvalue weighted by molar-refractivity contribution is 5.35. The zero-order valence-corrected chi connectivity index (χ0v) is 18.4. The van der Waals surface area contributed by atoms with Crippen molar-refractivity contribution >= 4 is 0 Å². The Labute approximate surface area is 168 Å². The Morgan fingerprint density at radius 3 is 2.56 bits per heavy atom. The highest BCUT2D eigenvalue weighted by Gasteiger charge is 2.48. The average Bonchev–Trinajstić information content (AvgIpc) is 2.98. The number of fused-ring (bicyclic) bond motifs is 1. The fourth-order valence-corrected chi connectivity index (χ4v) is 5.81. The maximum Gasteiger partial charge on any atom is -0.0143 e. The summed E-state index contributed by atoms with van der Waals surface area (Å²) in [4.78, 5) is 0. The molecule has 0 aromatic carbocycles. The predicted molar refractivity (Wildman–Crippen MR) is 120 cm³/mol. The van der Waals surface area contributed by atoms with Crippen molar-refractivity contribution in [1.82, 2.24) is 0 Å². The van der Waals surface area contributed by atoms with Crippen molar-refractivity contribution in [1.29, 1.82) is 0 Å². The SMILES string of the molecule is C=C1CCCC/C1=C\C=C1/CCC[C@]2(C)C(C/C=C/C(C)C(C)C)CCC12. The minimum atomic E-state index is 0.525. The van der Waals surface area contributed by atoms with Gasteiger partial charge < -0.3 is 0 Å². The van der Waals surface area contributed by atoms with Crippen LogP contribution < -0.4 is 0 Å². The van der Waals surface area contributed by atoms with E-state index in [1.54, 1.807) is 5.57 Å². The minimum Gasteiger partial charge on any atom is -0.0956 e. The van der Waals surface area contributed by atoms with Crippen LogP contribution in [-0.4, -0.2) is 0 Å². The van der Waals surface area contributed by atoms with Gasteiger partial charge in [-0.2, -0.15) is 0 Å². The minimum absolute atomic E-state index is 0.525. The molecule has 3 rings (SSSR count). The van der Waals surface area contributed by atoms with E-state index in [9.17, 15) is 0 Å². The van der Waals surface area contributed by atoms with E-state index in [1.807, 2.05) is 0 Å². The zero-order valence-electron chi connectivity index (χ0n) is 18.4. The molecule has 0 bridgehead atoms. The van der Waals surface area contributed by atoms with Crippen LogP contribution in [0.1, 0.15) is 91.9 Å². The van der Waals surface area contributed by atoms with Gasteiger partial charge in [-0.25, -0.2) is 0 Å². The van der Waals surface area contributed by atoms with Crippen LogP contribution in [0.4, 0.5) is 0 Å². The molecule has 0 aromatic heterocycles. The van der Waals surface area contributed by atoms with Gasteiger partial charge in [0.25, 0.3) is 0 Å². The van der Waals surface area contributed by atoms with Gasteiger partial charge in [0.2, 0.25) is 0 Å². The van der Waals surface area contributed by atoms with Gasteiger partial charge in [0, 0.05) is 0 Å². The molecule has 150 valence electrons. The highest BCUT2D eigenvalue weighted by Crippen LogP contribution is 2.58. The second-order valence-electron chi connectivity index (χ2n) is 10.2. The maximum atomic E-state index is 4.31. The summed E-state index contributed by atoms with van der Waals surface area (Å²) >= 11 is 0. The van der Waals surface area contributed by atoms with Crippen molar-refractivity contribution in [3.63, 3.8) is 0 Å². The molecule has 3 fully saturated rings. The summed E-state index contributed by atoms with van der Waals surface area (Å²) in [5.74, 6) is 3.15. The van der Waals surface area contributed by atoms with Gasteiger partial charge in [0.05, 0.1) is 0 Å². The van der Waals surface area contributed by atoms with E-state index in [-0.39, 0.29) is 0 Å². The van der Waals surface area contributed by atoms with Gasteiger partial charge in [-0.1, -0.05) is 69.7 Å². The molecule has 0 radical (unpaired) electrons. The fraction of sp³-hybridized carbons (Fsp3) is 0.704. The molecule has 3 unspecified atom stereocenters. The molecule has 0 saturated heterocycles. The molecule has 27 heavy (non-hydrogen) atoms. The Bertz CT molecular complexity index is 614. The smallest absolute Gasteiger partial charge is 0.0143 e. The fourth-order valence-electron chi connectivity index (χ4n) is 5.81. The van der Waals surface area contributed by atoms with Crippen LogP contribution in [0.5, 0.6) is 0 Å². The number of hydrogen-bond donors (Lipinski definition) is 0. The van der Waals surface area contributed by atoms with E-state index in [0.29, 0.717) is 11.3 Å². The molecule has 0 amide bonds. The Kier molecular flexibility index (Phi) is 6.88. The summed E-state index contributed by atoms with van der Waals surface area (Å²) in [5, 5.41) is 0. The molecule has 3 aliphatic carbocycles. The molecule has 0 spiro atoms. The number of hydrogen-bond acceptors (Lipinski definition) is 0. The number of rotatable bonds is 5. The third-order valence-corrected chi connectivity index (χ3v) is 8.20. The summed E-state index contributed by atoms with van der Waals surface area (Å²) in [7, 11) is 0. The van der Waals surface area contributed by atoms with Crippen molar-refractivity contribution in [3.8, 4) is 0 Å². The molecule has 4 atom stereocenters. The molecule has 0 aliphatic heterocycles. The normalized spacial score (nSPS) is 36.1. The van der Waals surface area contributed by atoms with Crippen LogP contribution in [0.25, 0.3) is 0 Å². The average molecular weight is 367 g/mol. The first-order valence-corrected chi connectivity index (χ1v) is 11.7. The first kappa shape index (κ1) is 20.7. The van der Waals surface area contributed by atoms with Crippen LogP contribution in [0.15, 0.2) is 47.6 Å². The van der Waals surface area contributed by atoms with Crippen molar-refractivity contribution in [3.05, 3.63) is 47.6 Å². The number of allylic oxidation sites excluding steroid dienone is 7. The summed E-state index contributed by atoms with van der Waals surface area (Å²) in [5.41, 5.74) is 5.20. The second-order valence-corrected chi connectivity index (χ2v) is 10.2. The van der Waals surface area contributed by atoms with E-state index in [1.165, 1.54) is 75.4 Å². The summed E-state index contributed by atoms with van der Waals surface area (Å²) in [6, 6.07) is 0. The van der Waals surface area contributed by atoms with Crippen molar-refractivity contribution in [2.75, 3.05) is 0 Å². The Morgan fingerprint density at radius 2 is 1.81 bits per heavy atom. The topological polar surface area (TPSA) is 0 Å². The molecule has 0 N–H and O–H groups in total. The molecular weight excluding hydrogens is 324 g/mol. The van der Waals surface area contributed by atoms with Crippen molar-refractivity contribution < 1.29 is 0 Å². The van der Waals surface area contributed by atoms with Crippen LogP contribution >= 0.6 is 0 Å². The first-order chi connectivity index (χ1) is 12.9. The summed E-state index contributed by atoms with van der Waals surface area (Å²) in [6.45, 7) is 13.9. The lowest BCUT2D eigenvalue weighted by Crippen LogP contribution is -2.33. The molecular formula is C27H42. The monoisotopic (exact) mass is 366 g/mol. The summed E-state index contributed by atoms with van der Waals surface area (Å²) in [6.07, 6.45) is 23.3. The van der Waals surface area contributed by atoms with E-state index in [0.717, 1.165) is 17.8 Å². The van der Waals surface area contributed by atoms with Crippen molar-refractivity contribution in [2.24, 2.45) is 29.1 Å². The second kappa shape index (κ2) is 8.97. The maximum absolute atomic E-state index is 4.31. The quantitative estimate of drug-likeness (QED) is 0.428. The Morgan fingerprint density at radius 1 is 1.04 bits per heavy atom. The van der Waals surface area contributed by atoms with Crippen LogP contribution in [-0.2, 0) is 0 Å². The summed E-state index contributed by atoms with van der Waals surface area (Å²) < 4.78 is 0. The predicted octanol–water partition coefficient (Wildman–Crippen LogP) is 8.42.